The summed E-state index contributed by atoms with van der Waals surface area (Å²) in [6.07, 6.45) is 3.90. The fourth-order valence-electron chi connectivity index (χ4n) is 1.61. The van der Waals surface area contributed by atoms with E-state index in [0.717, 1.165) is 19.4 Å². The number of likely N-dealkylation sites (tertiary alicyclic amines) is 1. The van der Waals surface area contributed by atoms with Crippen LogP contribution in [0.25, 0.3) is 0 Å². The van der Waals surface area contributed by atoms with Gasteiger partial charge in [-0.15, -0.1) is 6.58 Å². The molecule has 1 saturated heterocycles. The summed E-state index contributed by atoms with van der Waals surface area (Å²) >= 11 is 0. The highest BCUT2D eigenvalue weighted by molar-refractivity contribution is 5.74. The second-order valence-electron chi connectivity index (χ2n) is 3.73. The first-order valence-electron chi connectivity index (χ1n) is 4.08. The van der Waals surface area contributed by atoms with Crippen LogP contribution in [0, 0.1) is 5.92 Å². The van der Waals surface area contributed by atoms with Gasteiger partial charge in [0.25, 0.3) is 0 Å². The quantitative estimate of drug-likeness (QED) is 0.409. The zero-order valence-corrected chi connectivity index (χ0v) is 7.34. The molecule has 1 heterocycles. The molecule has 62 valence electrons. The lowest BCUT2D eigenvalue weighted by molar-refractivity contribution is -0.819. The lowest BCUT2D eigenvalue weighted by Crippen LogP contribution is -2.52. The zero-order valence-electron chi connectivity index (χ0n) is 7.34. The van der Waals surface area contributed by atoms with Crippen molar-refractivity contribution in [2.24, 2.45) is 5.92 Å². The van der Waals surface area contributed by atoms with Gasteiger partial charge in [0.15, 0.2) is 0 Å². The second-order valence-corrected chi connectivity index (χ2v) is 3.73. The number of carbonyl (C=O) groups excluding carboxylic acids is 1. The van der Waals surface area contributed by atoms with Crippen molar-refractivity contribution in [2.45, 2.75) is 12.8 Å². The first-order chi connectivity index (χ1) is 5.08. The molecule has 0 aliphatic carbocycles. The fourth-order valence-corrected chi connectivity index (χ4v) is 1.61. The van der Waals surface area contributed by atoms with Crippen molar-refractivity contribution in [3.8, 4) is 0 Å². The van der Waals surface area contributed by atoms with E-state index in [4.69, 9.17) is 0 Å². The molecule has 1 amide bonds. The molecule has 0 spiro atoms. The van der Waals surface area contributed by atoms with Gasteiger partial charge in [-0.2, -0.15) is 0 Å². The first kappa shape index (κ1) is 8.47. The number of hydrogen-bond donors (Lipinski definition) is 0. The van der Waals surface area contributed by atoms with Gasteiger partial charge in [-0.05, 0) is 12.8 Å². The van der Waals surface area contributed by atoms with Gasteiger partial charge in [0.1, 0.15) is 0 Å². The minimum atomic E-state index is 0.0961. The minimum absolute atomic E-state index is 0.0961. The van der Waals surface area contributed by atoms with Crippen LogP contribution in [0.3, 0.4) is 0 Å². The zero-order chi connectivity index (χ0) is 8.48. The van der Waals surface area contributed by atoms with Crippen molar-refractivity contribution < 1.29 is 9.28 Å². The second kappa shape index (κ2) is 2.78. The van der Waals surface area contributed by atoms with E-state index in [9.17, 15) is 4.79 Å². The third kappa shape index (κ3) is 1.51. The molecule has 1 aliphatic heterocycles. The molecule has 2 heteroatoms. The van der Waals surface area contributed by atoms with E-state index in [0.29, 0.717) is 10.4 Å². The Kier molecular flexibility index (Phi) is 2.14. The van der Waals surface area contributed by atoms with E-state index < -0.39 is 0 Å². The van der Waals surface area contributed by atoms with Gasteiger partial charge < -0.3 is 0 Å². The average molecular weight is 154 g/mol. The molecule has 0 bridgehead atoms. The third-order valence-corrected chi connectivity index (χ3v) is 2.43. The molecule has 0 saturated carbocycles. The third-order valence-electron chi connectivity index (χ3n) is 2.43. The van der Waals surface area contributed by atoms with E-state index in [-0.39, 0.29) is 5.92 Å². The molecule has 0 aromatic carbocycles. The van der Waals surface area contributed by atoms with Crippen molar-refractivity contribution in [2.75, 3.05) is 20.6 Å². The van der Waals surface area contributed by atoms with Crippen molar-refractivity contribution in [3.63, 3.8) is 0 Å². The normalized spacial score (nSPS) is 30.0. The first-order valence-corrected chi connectivity index (χ1v) is 4.08. The van der Waals surface area contributed by atoms with Crippen LogP contribution in [0.5, 0.6) is 0 Å². The maximum absolute atomic E-state index is 11.6. The predicted octanol–water partition coefficient (Wildman–Crippen LogP) is 1.19. The Morgan fingerprint density at radius 1 is 1.64 bits per heavy atom. The van der Waals surface area contributed by atoms with Crippen molar-refractivity contribution in [3.05, 3.63) is 12.7 Å². The molecule has 0 radical (unpaired) electrons. The highest BCUT2D eigenvalue weighted by atomic mass is 16.2. The Hall–Kier alpha value is -0.630. The van der Waals surface area contributed by atoms with E-state index >= 15 is 0 Å². The summed E-state index contributed by atoms with van der Waals surface area (Å²) in [5.41, 5.74) is 0. The summed E-state index contributed by atoms with van der Waals surface area (Å²) in [5.74, 6) is 0.407. The van der Waals surface area contributed by atoms with Gasteiger partial charge >= 0.3 is 5.91 Å². The Morgan fingerprint density at radius 3 is 2.73 bits per heavy atom. The number of carbonyl (C=O) groups is 1. The van der Waals surface area contributed by atoms with Gasteiger partial charge in [0.2, 0.25) is 0 Å². The molecule has 1 fully saturated rings. The van der Waals surface area contributed by atoms with Gasteiger partial charge in [-0.3, -0.25) is 4.48 Å². The number of nitrogens with zero attached hydrogens (tertiary/aromatic N) is 1. The molecule has 2 nitrogen and oxygen atoms in total. The van der Waals surface area contributed by atoms with E-state index in [1.165, 1.54) is 0 Å². The van der Waals surface area contributed by atoms with E-state index in [1.807, 2.05) is 14.1 Å². The topological polar surface area (TPSA) is 17.1 Å². The largest absolute Gasteiger partial charge is 0.320 e. The maximum atomic E-state index is 11.6. The highest BCUT2D eigenvalue weighted by Crippen LogP contribution is 2.21. The molecule has 11 heavy (non-hydrogen) atoms. The molecule has 0 aromatic heterocycles. The summed E-state index contributed by atoms with van der Waals surface area (Å²) < 4.78 is 0.524. The molecule has 1 rings (SSSR count). The lowest BCUT2D eigenvalue weighted by atomic mass is 9.96. The minimum Gasteiger partial charge on any atom is -0.265 e. The number of hydrogen-bond acceptors (Lipinski definition) is 1. The standard InChI is InChI=1S/C9H16NO/c1-4-8-6-5-7-10(2,3)9(8)11/h4,8H,1,5-7H2,2-3H3/q+1. The smallest absolute Gasteiger partial charge is 0.265 e. The van der Waals surface area contributed by atoms with Crippen molar-refractivity contribution in [1.82, 2.24) is 0 Å². The van der Waals surface area contributed by atoms with Gasteiger partial charge in [0.05, 0.1) is 26.6 Å². The summed E-state index contributed by atoms with van der Waals surface area (Å²) in [4.78, 5) is 11.6. The van der Waals surface area contributed by atoms with E-state index in [2.05, 4.69) is 6.58 Å². The maximum Gasteiger partial charge on any atom is 0.320 e. The van der Waals surface area contributed by atoms with Crippen molar-refractivity contribution in [1.29, 1.82) is 0 Å². The highest BCUT2D eigenvalue weighted by Gasteiger charge is 2.36. The van der Waals surface area contributed by atoms with Gasteiger partial charge in [-0.1, -0.05) is 6.08 Å². The molecule has 0 N–H and O–H groups in total. The summed E-state index contributed by atoms with van der Waals surface area (Å²) in [5, 5.41) is 0. The molecular formula is C9H16NO+. The van der Waals surface area contributed by atoms with Crippen LogP contribution >= 0.6 is 0 Å². The number of amides is 1. The number of rotatable bonds is 1. The van der Waals surface area contributed by atoms with Crippen LogP contribution < -0.4 is 0 Å². The predicted molar refractivity (Wildman–Crippen MR) is 44.9 cm³/mol. The van der Waals surface area contributed by atoms with Crippen LogP contribution in [0.15, 0.2) is 12.7 Å². The molecule has 1 atom stereocenters. The molecule has 1 unspecified atom stereocenters. The summed E-state index contributed by atoms with van der Waals surface area (Å²) in [6.45, 7) is 4.64. The monoisotopic (exact) mass is 154 g/mol. The van der Waals surface area contributed by atoms with Crippen molar-refractivity contribution >= 4 is 5.91 Å². The van der Waals surface area contributed by atoms with Gasteiger partial charge in [0, 0.05) is 0 Å². The van der Waals surface area contributed by atoms with Crippen LogP contribution in [0.2, 0.25) is 0 Å². The van der Waals surface area contributed by atoms with E-state index in [1.54, 1.807) is 6.08 Å². The Labute approximate surface area is 68.1 Å². The van der Waals surface area contributed by atoms with Crippen LogP contribution in [-0.2, 0) is 4.79 Å². The molecular weight excluding hydrogens is 138 g/mol. The average Bonchev–Trinajstić information content (AvgIpc) is 1.95. The van der Waals surface area contributed by atoms with Gasteiger partial charge in [-0.25, -0.2) is 4.79 Å². The number of quaternary nitrogens is 1. The van der Waals surface area contributed by atoms with Crippen LogP contribution in [0.4, 0.5) is 0 Å². The Morgan fingerprint density at radius 2 is 2.27 bits per heavy atom. The fraction of sp³-hybridized carbons (Fsp3) is 0.667. The van der Waals surface area contributed by atoms with Crippen LogP contribution in [-0.4, -0.2) is 31.0 Å². The SMILES string of the molecule is C=CC1CCC[N+](C)(C)C1=O. The Bertz CT molecular complexity index is 184. The summed E-state index contributed by atoms with van der Waals surface area (Å²) in [7, 11) is 3.94. The number of piperidine rings is 1. The van der Waals surface area contributed by atoms with Crippen LogP contribution in [0.1, 0.15) is 12.8 Å². The summed E-state index contributed by atoms with van der Waals surface area (Å²) in [6, 6.07) is 0. The lowest BCUT2D eigenvalue weighted by Gasteiger charge is -2.33. The molecule has 1 aliphatic rings. The molecule has 0 aromatic rings. The Balaban J connectivity index is 2.75.